The van der Waals surface area contributed by atoms with E-state index in [-0.39, 0.29) is 5.91 Å². The molecule has 0 fully saturated rings. The minimum absolute atomic E-state index is 0.0813. The molecule has 1 amide bonds. The van der Waals surface area contributed by atoms with Crippen molar-refractivity contribution in [2.75, 3.05) is 18.8 Å². The average Bonchev–Trinajstić information content (AvgIpc) is 2.24. The number of aryl methyl sites for hydroxylation is 1. The lowest BCUT2D eigenvalue weighted by atomic mass is 10.1. The van der Waals surface area contributed by atoms with E-state index in [1.54, 1.807) is 6.07 Å². The van der Waals surface area contributed by atoms with E-state index in [0.717, 1.165) is 18.7 Å². The number of hydrogen-bond donors (Lipinski definition) is 1. The predicted molar refractivity (Wildman–Crippen MR) is 81.2 cm³/mol. The molecule has 0 saturated carbocycles. The largest absolute Gasteiger partial charge is 0.399 e. The third kappa shape index (κ3) is 4.93. The molecule has 0 aliphatic heterocycles. The molecule has 1 rings (SSSR count). The smallest absolute Gasteiger partial charge is 0.253 e. The second-order valence-electron chi connectivity index (χ2n) is 6.13. The van der Waals surface area contributed by atoms with Gasteiger partial charge in [-0.15, -0.1) is 0 Å². The summed E-state index contributed by atoms with van der Waals surface area (Å²) < 4.78 is 0. The van der Waals surface area contributed by atoms with Crippen LogP contribution in [0.3, 0.4) is 0 Å². The highest BCUT2D eigenvalue weighted by Crippen LogP contribution is 2.15. The fourth-order valence-electron chi connectivity index (χ4n) is 2.24. The summed E-state index contributed by atoms with van der Waals surface area (Å²) in [6, 6.07) is 5.56. The van der Waals surface area contributed by atoms with Crippen LogP contribution in [0.25, 0.3) is 0 Å². The number of anilines is 1. The van der Waals surface area contributed by atoms with Crippen molar-refractivity contribution in [2.24, 2.45) is 11.8 Å². The molecule has 3 nitrogen and oxygen atoms in total. The van der Waals surface area contributed by atoms with Crippen LogP contribution in [0.15, 0.2) is 18.2 Å². The first-order valence-electron chi connectivity index (χ1n) is 6.96. The molecule has 2 N–H and O–H groups in total. The Hall–Kier alpha value is -1.51. The maximum atomic E-state index is 12.6. The lowest BCUT2D eigenvalue weighted by Gasteiger charge is -2.26. The van der Waals surface area contributed by atoms with E-state index in [0.29, 0.717) is 23.1 Å². The Morgan fingerprint density at radius 3 is 2.05 bits per heavy atom. The van der Waals surface area contributed by atoms with Crippen LogP contribution in [-0.2, 0) is 0 Å². The van der Waals surface area contributed by atoms with Gasteiger partial charge in [-0.1, -0.05) is 27.7 Å². The summed E-state index contributed by atoms with van der Waals surface area (Å²) in [5.41, 5.74) is 8.20. The highest BCUT2D eigenvalue weighted by Gasteiger charge is 2.18. The number of hydrogen-bond acceptors (Lipinski definition) is 2. The van der Waals surface area contributed by atoms with Crippen molar-refractivity contribution in [3.63, 3.8) is 0 Å². The van der Waals surface area contributed by atoms with Gasteiger partial charge in [0.25, 0.3) is 5.91 Å². The van der Waals surface area contributed by atoms with Crippen molar-refractivity contribution >= 4 is 11.6 Å². The molecule has 0 radical (unpaired) electrons. The number of carbonyl (C=O) groups is 1. The van der Waals surface area contributed by atoms with Gasteiger partial charge in [0, 0.05) is 24.3 Å². The first kappa shape index (κ1) is 15.5. The van der Waals surface area contributed by atoms with Crippen molar-refractivity contribution in [1.82, 2.24) is 4.90 Å². The minimum Gasteiger partial charge on any atom is -0.399 e. The monoisotopic (exact) mass is 262 g/mol. The first-order valence-corrected chi connectivity index (χ1v) is 6.96. The number of nitrogen functional groups attached to an aromatic ring is 1. The van der Waals surface area contributed by atoms with Gasteiger partial charge in [-0.3, -0.25) is 4.79 Å². The summed E-state index contributed by atoms with van der Waals surface area (Å²) in [5.74, 6) is 1.01. The number of nitrogens with zero attached hydrogens (tertiary/aromatic N) is 1. The van der Waals surface area contributed by atoms with Crippen molar-refractivity contribution in [3.8, 4) is 0 Å². The van der Waals surface area contributed by atoms with E-state index < -0.39 is 0 Å². The molecule has 0 unspecified atom stereocenters. The number of benzene rings is 1. The van der Waals surface area contributed by atoms with Crippen LogP contribution in [0.5, 0.6) is 0 Å². The average molecular weight is 262 g/mol. The SMILES string of the molecule is Cc1cc(N)cc(C(=O)N(CC(C)C)CC(C)C)c1. The molecule has 0 spiro atoms. The fourth-order valence-corrected chi connectivity index (χ4v) is 2.24. The lowest BCUT2D eigenvalue weighted by molar-refractivity contribution is 0.0715. The molecule has 0 atom stereocenters. The first-order chi connectivity index (χ1) is 8.79. The summed E-state index contributed by atoms with van der Waals surface area (Å²) in [7, 11) is 0. The zero-order valence-corrected chi connectivity index (χ0v) is 12.7. The van der Waals surface area contributed by atoms with Gasteiger partial charge in [0.05, 0.1) is 0 Å². The summed E-state index contributed by atoms with van der Waals surface area (Å²) >= 11 is 0. The van der Waals surface area contributed by atoms with Gasteiger partial charge < -0.3 is 10.6 Å². The zero-order valence-electron chi connectivity index (χ0n) is 12.7. The Morgan fingerprint density at radius 1 is 1.11 bits per heavy atom. The summed E-state index contributed by atoms with van der Waals surface area (Å²) in [5, 5.41) is 0. The molecular formula is C16H26N2O. The molecule has 1 aromatic carbocycles. The second kappa shape index (κ2) is 6.60. The van der Waals surface area contributed by atoms with Crippen LogP contribution >= 0.6 is 0 Å². The molecule has 0 aromatic heterocycles. The molecule has 1 aromatic rings. The molecule has 3 heteroatoms. The Morgan fingerprint density at radius 2 is 1.63 bits per heavy atom. The third-order valence-electron chi connectivity index (χ3n) is 2.80. The van der Waals surface area contributed by atoms with Crippen molar-refractivity contribution in [1.29, 1.82) is 0 Å². The Kier molecular flexibility index (Phi) is 5.40. The predicted octanol–water partition coefficient (Wildman–Crippen LogP) is 3.33. The number of amides is 1. The highest BCUT2D eigenvalue weighted by atomic mass is 16.2. The van der Waals surface area contributed by atoms with Gasteiger partial charge >= 0.3 is 0 Å². The highest BCUT2D eigenvalue weighted by molar-refractivity contribution is 5.95. The maximum absolute atomic E-state index is 12.6. The van der Waals surface area contributed by atoms with Crippen molar-refractivity contribution in [3.05, 3.63) is 29.3 Å². The van der Waals surface area contributed by atoms with E-state index in [1.807, 2.05) is 24.0 Å². The third-order valence-corrected chi connectivity index (χ3v) is 2.80. The molecule has 0 aliphatic rings. The van der Waals surface area contributed by atoms with Crippen LogP contribution in [0.1, 0.15) is 43.6 Å². The van der Waals surface area contributed by atoms with Crippen LogP contribution in [-0.4, -0.2) is 23.9 Å². The van der Waals surface area contributed by atoms with Crippen LogP contribution in [0.2, 0.25) is 0 Å². The summed E-state index contributed by atoms with van der Waals surface area (Å²) in [4.78, 5) is 14.5. The molecule has 0 heterocycles. The Bertz CT molecular complexity index is 408. The van der Waals surface area contributed by atoms with E-state index in [4.69, 9.17) is 5.73 Å². The van der Waals surface area contributed by atoms with E-state index >= 15 is 0 Å². The number of carbonyl (C=O) groups excluding carboxylic acids is 1. The minimum atomic E-state index is 0.0813. The summed E-state index contributed by atoms with van der Waals surface area (Å²) in [6.07, 6.45) is 0. The second-order valence-corrected chi connectivity index (χ2v) is 6.13. The van der Waals surface area contributed by atoms with Gasteiger partial charge in [-0.25, -0.2) is 0 Å². The molecule has 0 aliphatic carbocycles. The molecule has 19 heavy (non-hydrogen) atoms. The standard InChI is InChI=1S/C16H26N2O/c1-11(2)9-18(10-12(3)4)16(19)14-6-13(5)7-15(17)8-14/h6-8,11-12H,9-10,17H2,1-5H3. The van der Waals surface area contributed by atoms with Gasteiger partial charge in [0.1, 0.15) is 0 Å². The van der Waals surface area contributed by atoms with E-state index in [1.165, 1.54) is 0 Å². The Labute approximate surface area is 116 Å². The van der Waals surface area contributed by atoms with Crippen LogP contribution in [0, 0.1) is 18.8 Å². The van der Waals surface area contributed by atoms with Gasteiger partial charge in [0.2, 0.25) is 0 Å². The van der Waals surface area contributed by atoms with Gasteiger partial charge in [0.15, 0.2) is 0 Å². The van der Waals surface area contributed by atoms with E-state index in [9.17, 15) is 4.79 Å². The maximum Gasteiger partial charge on any atom is 0.253 e. The zero-order chi connectivity index (χ0) is 14.6. The lowest BCUT2D eigenvalue weighted by Crippen LogP contribution is -2.37. The number of rotatable bonds is 5. The molecule has 0 saturated heterocycles. The van der Waals surface area contributed by atoms with Crippen molar-refractivity contribution < 1.29 is 4.79 Å². The quantitative estimate of drug-likeness (QED) is 0.827. The number of nitrogens with two attached hydrogens (primary N) is 1. The van der Waals surface area contributed by atoms with Gasteiger partial charge in [-0.2, -0.15) is 0 Å². The molecular weight excluding hydrogens is 236 g/mol. The van der Waals surface area contributed by atoms with Gasteiger partial charge in [-0.05, 0) is 42.5 Å². The van der Waals surface area contributed by atoms with Crippen LogP contribution < -0.4 is 5.73 Å². The molecule has 106 valence electrons. The normalized spacial score (nSPS) is 11.1. The fraction of sp³-hybridized carbons (Fsp3) is 0.562. The Balaban J connectivity index is 2.97. The summed E-state index contributed by atoms with van der Waals surface area (Å²) in [6.45, 7) is 12.0. The van der Waals surface area contributed by atoms with Crippen LogP contribution in [0.4, 0.5) is 5.69 Å². The topological polar surface area (TPSA) is 46.3 Å². The van der Waals surface area contributed by atoms with E-state index in [2.05, 4.69) is 27.7 Å². The molecule has 0 bridgehead atoms. The van der Waals surface area contributed by atoms with Crippen molar-refractivity contribution in [2.45, 2.75) is 34.6 Å².